The molecule has 1 unspecified atom stereocenters. The standard InChI is InChI=1S/C49H36N6/c1-31(24-25-50)49(46-15-8-26-51-46)41-12-4-2-9-36(41)39-30-45-40(29-42(39)49)37-10-3-5-13-43(37)54(45)34-20-16-32(17-21-34)33-18-22-35(23-19-33)55-44-14-7-27-52-47(44)38-11-6-28-53-48(38)55/h2-26,29-30,50,53H,27-28H2,1H3/b31-24+,50-25?. The van der Waals surface area contributed by atoms with Gasteiger partial charge in [0.15, 0.2) is 0 Å². The molecule has 0 bridgehead atoms. The zero-order chi connectivity index (χ0) is 36.7. The molecule has 7 aromatic rings. The fourth-order valence-corrected chi connectivity index (χ4v) is 9.46. The average molecular weight is 709 g/mol. The highest BCUT2D eigenvalue weighted by atomic mass is 15.2. The first-order chi connectivity index (χ1) is 27.2. The van der Waals surface area contributed by atoms with E-state index >= 15 is 0 Å². The Balaban J connectivity index is 1.03. The van der Waals surface area contributed by atoms with Crippen LogP contribution in [-0.2, 0) is 5.41 Å². The van der Waals surface area contributed by atoms with E-state index in [-0.39, 0.29) is 0 Å². The first kappa shape index (κ1) is 31.4. The molecule has 0 fully saturated rings. The maximum Gasteiger partial charge on any atom is 0.323 e. The Bertz CT molecular complexity index is 2970. The van der Waals surface area contributed by atoms with Crippen LogP contribution in [0, 0.1) is 5.41 Å². The van der Waals surface area contributed by atoms with Gasteiger partial charge in [-0.15, -0.1) is 18.3 Å². The summed E-state index contributed by atoms with van der Waals surface area (Å²) in [5.74, 6) is 1.10. The molecule has 4 aliphatic rings. The second kappa shape index (κ2) is 11.9. The van der Waals surface area contributed by atoms with E-state index in [0.29, 0.717) is 6.54 Å². The van der Waals surface area contributed by atoms with Gasteiger partial charge in [-0.2, -0.15) is 0 Å². The van der Waals surface area contributed by atoms with Crippen molar-refractivity contribution in [2.24, 2.45) is 0 Å². The summed E-state index contributed by atoms with van der Waals surface area (Å²) in [7, 11) is 0. The summed E-state index contributed by atoms with van der Waals surface area (Å²) in [4.78, 5) is 0. The predicted molar refractivity (Wildman–Crippen MR) is 231 cm³/mol. The smallest absolute Gasteiger partial charge is 0.323 e. The highest BCUT2D eigenvalue weighted by Crippen LogP contribution is 2.55. The van der Waals surface area contributed by atoms with Crippen molar-refractivity contribution in [1.82, 2.24) is 13.8 Å². The number of hydrogen-bond donors (Lipinski definition) is 2. The summed E-state index contributed by atoms with van der Waals surface area (Å²) >= 11 is 0. The Morgan fingerprint density at radius 2 is 1.53 bits per heavy atom. The zero-order valence-corrected chi connectivity index (χ0v) is 30.3. The summed E-state index contributed by atoms with van der Waals surface area (Å²) in [6, 6.07) is 40.0. The normalized spacial score (nSPS) is 17.5. The van der Waals surface area contributed by atoms with Crippen molar-refractivity contribution in [3.05, 3.63) is 173 Å². The van der Waals surface area contributed by atoms with Gasteiger partial charge >= 0.3 is 5.71 Å². The summed E-state index contributed by atoms with van der Waals surface area (Å²) in [6.45, 7) is 3.66. The van der Waals surface area contributed by atoms with E-state index < -0.39 is 5.41 Å². The van der Waals surface area contributed by atoms with Crippen molar-refractivity contribution in [2.45, 2.75) is 12.3 Å². The zero-order valence-electron chi connectivity index (χ0n) is 30.3. The average Bonchev–Trinajstić information content (AvgIpc) is 4.02. The van der Waals surface area contributed by atoms with Crippen LogP contribution >= 0.6 is 0 Å². The van der Waals surface area contributed by atoms with Gasteiger partial charge in [0.1, 0.15) is 11.2 Å². The fraction of sp³-hybridized carbons (Fsp3) is 0.0816. The van der Waals surface area contributed by atoms with Gasteiger partial charge in [-0.05, 0) is 100 Å². The van der Waals surface area contributed by atoms with Crippen LogP contribution in [0.4, 0.5) is 11.5 Å². The maximum atomic E-state index is 8.05. The molecule has 0 saturated carbocycles. The first-order valence-corrected chi connectivity index (χ1v) is 18.8. The number of fused-ring (bicyclic) bond motifs is 9. The second-order valence-electron chi connectivity index (χ2n) is 14.6. The number of nitrogens with zero attached hydrogens (tertiary/aromatic N) is 4. The molecule has 2 aromatic heterocycles. The minimum Gasteiger partial charge on any atom is -0.679 e. The Morgan fingerprint density at radius 3 is 2.31 bits per heavy atom. The quantitative estimate of drug-likeness (QED) is 0.131. The first-order valence-electron chi connectivity index (χ1n) is 18.8. The topological polar surface area (TPSA) is 73.9 Å². The third-order valence-electron chi connectivity index (χ3n) is 11.8. The summed E-state index contributed by atoms with van der Waals surface area (Å²) in [5.41, 5.74) is 16.5. The molecule has 5 heterocycles. The highest BCUT2D eigenvalue weighted by molar-refractivity contribution is 6.19. The third-order valence-corrected chi connectivity index (χ3v) is 11.8. The van der Waals surface area contributed by atoms with Crippen LogP contribution in [0.3, 0.4) is 0 Å². The number of allylic oxidation sites excluding steroid dienone is 4. The van der Waals surface area contributed by atoms with E-state index in [9.17, 15) is 0 Å². The SMILES string of the molecule is C/C(=C\C=N)C1(C2=[N+]=CC=C2)c2ccccc2-c2cc3c(cc21)c1ccccc1n3-c1ccc(-c2ccc(-n3c4c(c5c3NCC=C5)[N-]CC=C4)cc2)cc1. The molecule has 0 radical (unpaired) electrons. The van der Waals surface area contributed by atoms with Crippen molar-refractivity contribution in [2.75, 3.05) is 18.4 Å². The van der Waals surface area contributed by atoms with Crippen molar-refractivity contribution in [1.29, 1.82) is 5.41 Å². The van der Waals surface area contributed by atoms with Crippen LogP contribution in [0.25, 0.3) is 72.9 Å². The Hall–Kier alpha value is -7.14. The van der Waals surface area contributed by atoms with E-state index in [1.165, 1.54) is 50.4 Å². The van der Waals surface area contributed by atoms with E-state index in [1.807, 2.05) is 18.4 Å². The Labute approximate surface area is 319 Å². The lowest BCUT2D eigenvalue weighted by Crippen LogP contribution is -2.36. The lowest BCUT2D eigenvalue weighted by molar-refractivity contribution is 0.836. The number of nitrogens with one attached hydrogen (secondary N) is 2. The second-order valence-corrected chi connectivity index (χ2v) is 14.6. The van der Waals surface area contributed by atoms with Crippen molar-refractivity contribution < 1.29 is 0 Å². The Kier molecular flexibility index (Phi) is 6.81. The van der Waals surface area contributed by atoms with Gasteiger partial charge in [0, 0.05) is 58.3 Å². The lowest BCUT2D eigenvalue weighted by Gasteiger charge is -2.27. The molecule has 0 spiro atoms. The molecule has 0 saturated heterocycles. The molecule has 0 amide bonds. The van der Waals surface area contributed by atoms with Crippen LogP contribution in [0.5, 0.6) is 0 Å². The molecule has 262 valence electrons. The molecule has 11 rings (SSSR count). The minimum absolute atomic E-state index is 0.596. The van der Waals surface area contributed by atoms with Crippen LogP contribution < -0.4 is 9.98 Å². The maximum absolute atomic E-state index is 8.05. The van der Waals surface area contributed by atoms with Gasteiger partial charge in [0.2, 0.25) is 0 Å². The molecule has 3 aliphatic heterocycles. The number of aromatic nitrogens is 2. The molecule has 1 atom stereocenters. The molecule has 6 nitrogen and oxygen atoms in total. The summed E-state index contributed by atoms with van der Waals surface area (Å²) in [5, 5.41) is 18.9. The van der Waals surface area contributed by atoms with E-state index in [2.05, 4.69) is 161 Å². The van der Waals surface area contributed by atoms with Gasteiger partial charge in [-0.1, -0.05) is 83.6 Å². The molecule has 1 aliphatic carbocycles. The number of para-hydroxylation sites is 1. The molecule has 6 heteroatoms. The third kappa shape index (κ3) is 4.37. The van der Waals surface area contributed by atoms with Crippen LogP contribution in [-0.4, -0.2) is 40.4 Å². The number of hydrogen-bond acceptors (Lipinski definition) is 2. The van der Waals surface area contributed by atoms with Gasteiger partial charge in [-0.25, -0.2) is 0 Å². The van der Waals surface area contributed by atoms with Crippen LogP contribution in [0.15, 0.2) is 145 Å². The number of benzene rings is 5. The van der Waals surface area contributed by atoms with Crippen LogP contribution in [0.1, 0.15) is 29.3 Å². The van der Waals surface area contributed by atoms with Gasteiger partial charge < -0.3 is 20.6 Å². The lowest BCUT2D eigenvalue weighted by atomic mass is 9.68. The van der Waals surface area contributed by atoms with Crippen molar-refractivity contribution >= 4 is 63.6 Å². The molecule has 55 heavy (non-hydrogen) atoms. The van der Waals surface area contributed by atoms with Crippen LogP contribution in [0.2, 0.25) is 0 Å². The number of anilines is 1. The molecule has 2 N–H and O–H groups in total. The largest absolute Gasteiger partial charge is 0.679 e. The molecular weight excluding hydrogens is 673 g/mol. The fourth-order valence-electron chi connectivity index (χ4n) is 9.46. The predicted octanol–water partition coefficient (Wildman–Crippen LogP) is 10.7. The molecule has 5 aromatic carbocycles. The Morgan fingerprint density at radius 1 is 0.764 bits per heavy atom. The number of rotatable bonds is 6. The monoisotopic (exact) mass is 708 g/mol. The van der Waals surface area contributed by atoms with E-state index in [0.717, 1.165) is 63.0 Å². The van der Waals surface area contributed by atoms with Gasteiger partial charge in [-0.3, -0.25) is 4.57 Å². The van der Waals surface area contributed by atoms with E-state index in [1.54, 1.807) is 0 Å². The highest BCUT2D eigenvalue weighted by Gasteiger charge is 2.53. The van der Waals surface area contributed by atoms with Gasteiger partial charge in [0.25, 0.3) is 6.21 Å². The summed E-state index contributed by atoms with van der Waals surface area (Å²) < 4.78 is 9.62. The molecular formula is C49H36N6. The van der Waals surface area contributed by atoms with Gasteiger partial charge in [0.05, 0.1) is 11.0 Å². The van der Waals surface area contributed by atoms with Crippen molar-refractivity contribution in [3.63, 3.8) is 0 Å². The van der Waals surface area contributed by atoms with Crippen molar-refractivity contribution in [3.8, 4) is 33.6 Å². The van der Waals surface area contributed by atoms with E-state index in [4.69, 9.17) is 15.4 Å². The summed E-state index contributed by atoms with van der Waals surface area (Å²) in [6.07, 6.45) is 18.0. The minimum atomic E-state index is -0.596.